The molecule has 0 aromatic carbocycles. The monoisotopic (exact) mass is 266 g/mol. The molecule has 0 saturated carbocycles. The first-order valence-corrected chi connectivity index (χ1v) is 6.52. The third kappa shape index (κ3) is 2.15. The first kappa shape index (κ1) is 12.8. The number of thiazole rings is 1. The third-order valence-electron chi connectivity index (χ3n) is 2.63. The zero-order chi connectivity index (χ0) is 13.3. The van der Waals surface area contributed by atoms with Crippen molar-refractivity contribution in [1.82, 2.24) is 10.1 Å². The molecule has 2 aromatic rings. The Morgan fingerprint density at radius 3 is 2.67 bits per heavy atom. The van der Waals surface area contributed by atoms with Crippen LogP contribution in [0, 0.1) is 13.8 Å². The molecule has 0 saturated heterocycles. The lowest BCUT2D eigenvalue weighted by Gasteiger charge is -1.93. The lowest BCUT2D eigenvalue weighted by molar-refractivity contribution is 0.0700. The van der Waals surface area contributed by atoms with E-state index in [1.165, 1.54) is 11.3 Å². The van der Waals surface area contributed by atoms with Gasteiger partial charge in [0.05, 0.1) is 17.0 Å². The van der Waals surface area contributed by atoms with Crippen LogP contribution in [0.15, 0.2) is 4.52 Å². The van der Waals surface area contributed by atoms with E-state index in [9.17, 15) is 9.90 Å². The predicted octanol–water partition coefficient (Wildman–Crippen LogP) is 3.07. The van der Waals surface area contributed by atoms with E-state index in [0.717, 1.165) is 17.7 Å². The number of aromatic carboxylic acids is 1. The van der Waals surface area contributed by atoms with Gasteiger partial charge >= 0.3 is 5.97 Å². The Morgan fingerprint density at radius 1 is 1.44 bits per heavy atom. The molecule has 0 amide bonds. The Balaban J connectivity index is 2.53. The second-order valence-electron chi connectivity index (χ2n) is 4.05. The van der Waals surface area contributed by atoms with Gasteiger partial charge in [-0.05, 0) is 20.3 Å². The molecule has 0 aliphatic heterocycles. The molecule has 0 fully saturated rings. The number of carboxylic acid groups (broad SMARTS) is 1. The van der Waals surface area contributed by atoms with E-state index in [0.29, 0.717) is 27.8 Å². The van der Waals surface area contributed by atoms with Crippen LogP contribution in [0.1, 0.15) is 40.2 Å². The summed E-state index contributed by atoms with van der Waals surface area (Å²) < 4.78 is 5.09. The van der Waals surface area contributed by atoms with Gasteiger partial charge in [0.2, 0.25) is 0 Å². The molecule has 2 aromatic heterocycles. The normalized spacial score (nSPS) is 10.8. The van der Waals surface area contributed by atoms with Crippen LogP contribution < -0.4 is 0 Å². The molecule has 0 aliphatic rings. The quantitative estimate of drug-likeness (QED) is 0.920. The fourth-order valence-corrected chi connectivity index (χ4v) is 2.92. The molecule has 0 radical (unpaired) electrons. The van der Waals surface area contributed by atoms with Crippen LogP contribution in [0.5, 0.6) is 0 Å². The predicted molar refractivity (Wildman–Crippen MR) is 68.0 cm³/mol. The van der Waals surface area contributed by atoms with Crippen molar-refractivity contribution in [3.8, 4) is 10.6 Å². The Bertz CT molecular complexity index is 567. The second kappa shape index (κ2) is 4.89. The molecule has 2 heterocycles. The molecule has 0 spiro atoms. The van der Waals surface area contributed by atoms with E-state index >= 15 is 0 Å². The van der Waals surface area contributed by atoms with E-state index in [4.69, 9.17) is 4.52 Å². The maximum atomic E-state index is 11.2. The number of rotatable bonds is 4. The molecule has 96 valence electrons. The van der Waals surface area contributed by atoms with Gasteiger partial charge in [0.1, 0.15) is 15.6 Å². The third-order valence-corrected chi connectivity index (χ3v) is 3.73. The first-order chi connectivity index (χ1) is 8.54. The number of aryl methyl sites for hydroxylation is 3. The van der Waals surface area contributed by atoms with Crippen molar-refractivity contribution in [2.45, 2.75) is 33.6 Å². The summed E-state index contributed by atoms with van der Waals surface area (Å²) in [6.45, 7) is 5.63. The van der Waals surface area contributed by atoms with Crippen molar-refractivity contribution in [2.24, 2.45) is 0 Å². The molecule has 5 nitrogen and oxygen atoms in total. The van der Waals surface area contributed by atoms with Crippen LogP contribution in [-0.2, 0) is 6.42 Å². The van der Waals surface area contributed by atoms with Gasteiger partial charge in [-0.3, -0.25) is 0 Å². The molecule has 1 N–H and O–H groups in total. The van der Waals surface area contributed by atoms with Crippen molar-refractivity contribution in [2.75, 3.05) is 0 Å². The van der Waals surface area contributed by atoms with Crippen molar-refractivity contribution in [3.63, 3.8) is 0 Å². The Labute approximate surface area is 108 Å². The highest BCUT2D eigenvalue weighted by molar-refractivity contribution is 7.17. The Morgan fingerprint density at radius 2 is 2.17 bits per heavy atom. The highest BCUT2D eigenvalue weighted by Gasteiger charge is 2.21. The smallest absolute Gasteiger partial charge is 0.347 e. The van der Waals surface area contributed by atoms with Crippen molar-refractivity contribution >= 4 is 17.3 Å². The molecule has 0 bridgehead atoms. The van der Waals surface area contributed by atoms with Crippen LogP contribution in [0.25, 0.3) is 10.6 Å². The average molecular weight is 266 g/mol. The summed E-state index contributed by atoms with van der Waals surface area (Å²) in [4.78, 5) is 15.9. The van der Waals surface area contributed by atoms with Gasteiger partial charge in [-0.25, -0.2) is 9.78 Å². The topological polar surface area (TPSA) is 76.2 Å². The largest absolute Gasteiger partial charge is 0.477 e. The molecular formula is C12H14N2O3S. The number of aromatic nitrogens is 2. The number of nitrogens with zero attached hydrogens (tertiary/aromatic N) is 2. The van der Waals surface area contributed by atoms with Crippen LogP contribution in [0.3, 0.4) is 0 Å². The molecular weight excluding hydrogens is 252 g/mol. The maximum absolute atomic E-state index is 11.2. The van der Waals surface area contributed by atoms with E-state index in [1.807, 2.05) is 13.8 Å². The molecule has 0 atom stereocenters. The van der Waals surface area contributed by atoms with E-state index < -0.39 is 5.97 Å². The lowest BCUT2D eigenvalue weighted by Crippen LogP contribution is -1.98. The summed E-state index contributed by atoms with van der Waals surface area (Å²) >= 11 is 1.18. The van der Waals surface area contributed by atoms with Crippen LogP contribution in [-0.4, -0.2) is 21.2 Å². The van der Waals surface area contributed by atoms with Crippen molar-refractivity contribution in [1.29, 1.82) is 0 Å². The minimum atomic E-state index is -0.922. The van der Waals surface area contributed by atoms with Gasteiger partial charge in [-0.15, -0.1) is 11.3 Å². The van der Waals surface area contributed by atoms with Gasteiger partial charge in [-0.2, -0.15) is 0 Å². The number of hydrogen-bond donors (Lipinski definition) is 1. The summed E-state index contributed by atoms with van der Waals surface area (Å²) in [7, 11) is 0. The zero-order valence-corrected chi connectivity index (χ0v) is 11.3. The van der Waals surface area contributed by atoms with Gasteiger partial charge in [-0.1, -0.05) is 18.5 Å². The SMILES string of the molecule is CCCc1nc(-c2c(C)noc2C)sc1C(=O)O. The van der Waals surface area contributed by atoms with Crippen LogP contribution >= 0.6 is 11.3 Å². The molecule has 2 rings (SSSR count). The van der Waals surface area contributed by atoms with Gasteiger partial charge in [0, 0.05) is 0 Å². The second-order valence-corrected chi connectivity index (χ2v) is 5.05. The molecule has 6 heteroatoms. The molecule has 0 aliphatic carbocycles. The summed E-state index contributed by atoms with van der Waals surface area (Å²) in [6.07, 6.45) is 1.53. The summed E-state index contributed by atoms with van der Waals surface area (Å²) in [5.74, 6) is -0.254. The summed E-state index contributed by atoms with van der Waals surface area (Å²) in [5, 5.41) is 13.7. The van der Waals surface area contributed by atoms with Gasteiger partial charge in [0.15, 0.2) is 0 Å². The van der Waals surface area contributed by atoms with Crippen LogP contribution in [0.2, 0.25) is 0 Å². The van der Waals surface area contributed by atoms with E-state index in [2.05, 4.69) is 10.1 Å². The lowest BCUT2D eigenvalue weighted by atomic mass is 10.2. The molecule has 0 unspecified atom stereocenters. The Hall–Kier alpha value is -1.69. The highest BCUT2D eigenvalue weighted by atomic mass is 32.1. The zero-order valence-electron chi connectivity index (χ0n) is 10.5. The van der Waals surface area contributed by atoms with E-state index in [1.54, 1.807) is 6.92 Å². The molecule has 18 heavy (non-hydrogen) atoms. The maximum Gasteiger partial charge on any atom is 0.347 e. The van der Waals surface area contributed by atoms with Gasteiger partial charge in [0.25, 0.3) is 0 Å². The minimum absolute atomic E-state index is 0.312. The van der Waals surface area contributed by atoms with E-state index in [-0.39, 0.29) is 0 Å². The minimum Gasteiger partial charge on any atom is -0.477 e. The highest BCUT2D eigenvalue weighted by Crippen LogP contribution is 2.33. The summed E-state index contributed by atoms with van der Waals surface area (Å²) in [5.41, 5.74) is 2.19. The average Bonchev–Trinajstić information content (AvgIpc) is 2.84. The van der Waals surface area contributed by atoms with Crippen molar-refractivity contribution < 1.29 is 14.4 Å². The van der Waals surface area contributed by atoms with Crippen LogP contribution in [0.4, 0.5) is 0 Å². The Kier molecular flexibility index (Phi) is 3.47. The number of carbonyl (C=O) groups is 1. The van der Waals surface area contributed by atoms with Gasteiger partial charge < -0.3 is 9.63 Å². The first-order valence-electron chi connectivity index (χ1n) is 5.70. The standard InChI is InChI=1S/C12H14N2O3S/c1-4-5-8-10(12(15)16)18-11(13-8)9-6(2)14-17-7(9)3/h4-5H2,1-3H3,(H,15,16). The fourth-order valence-electron chi connectivity index (χ4n) is 1.82. The number of hydrogen-bond acceptors (Lipinski definition) is 5. The number of carboxylic acids is 1. The fraction of sp³-hybridized carbons (Fsp3) is 0.417. The van der Waals surface area contributed by atoms with Crippen molar-refractivity contribution in [3.05, 3.63) is 22.0 Å². The summed E-state index contributed by atoms with van der Waals surface area (Å²) in [6, 6.07) is 0.